The van der Waals surface area contributed by atoms with Gasteiger partial charge in [-0.3, -0.25) is 0 Å². The van der Waals surface area contributed by atoms with Crippen LogP contribution in [0.2, 0.25) is 0 Å². The highest BCUT2D eigenvalue weighted by molar-refractivity contribution is 9.10. The second-order valence-corrected chi connectivity index (χ2v) is 6.83. The van der Waals surface area contributed by atoms with Crippen LogP contribution in [0, 0.1) is 5.41 Å². The first-order valence-corrected chi connectivity index (χ1v) is 8.69. The Kier molecular flexibility index (Phi) is 6.09. The molecule has 0 amide bonds. The van der Waals surface area contributed by atoms with Crippen molar-refractivity contribution in [2.45, 2.75) is 38.5 Å². The largest absolute Gasteiger partial charge is 0.497 e. The molecule has 0 radical (unpaired) electrons. The molecule has 1 saturated carbocycles. The number of halogens is 1. The van der Waals surface area contributed by atoms with Crippen LogP contribution in [-0.2, 0) is 0 Å². The molecule has 20 heavy (non-hydrogen) atoms. The summed E-state index contributed by atoms with van der Waals surface area (Å²) < 4.78 is 12.2. The van der Waals surface area contributed by atoms with Gasteiger partial charge in [-0.2, -0.15) is 12.6 Å². The molecule has 0 aliphatic heterocycles. The lowest BCUT2D eigenvalue weighted by atomic mass is 9.83. The van der Waals surface area contributed by atoms with Crippen LogP contribution in [0.5, 0.6) is 11.5 Å². The van der Waals surface area contributed by atoms with E-state index in [9.17, 15) is 0 Å². The molecule has 0 bridgehead atoms. The second-order valence-electron chi connectivity index (χ2n) is 5.66. The molecule has 112 valence electrons. The fourth-order valence-corrected chi connectivity index (χ4v) is 3.66. The van der Waals surface area contributed by atoms with Crippen molar-refractivity contribution in [3.8, 4) is 11.5 Å². The first-order valence-electron chi connectivity index (χ1n) is 7.26. The third-order valence-corrected chi connectivity index (χ3v) is 5.46. The molecule has 1 aromatic carbocycles. The van der Waals surface area contributed by atoms with Crippen molar-refractivity contribution >= 4 is 28.6 Å². The quantitative estimate of drug-likeness (QED) is 0.582. The van der Waals surface area contributed by atoms with E-state index in [2.05, 4.69) is 28.6 Å². The van der Waals surface area contributed by atoms with Crippen molar-refractivity contribution in [3.05, 3.63) is 22.7 Å². The molecule has 1 aliphatic carbocycles. The summed E-state index contributed by atoms with van der Waals surface area (Å²) in [6, 6.07) is 5.84. The molecular formula is C16H23BrO2S. The van der Waals surface area contributed by atoms with Gasteiger partial charge < -0.3 is 9.47 Å². The van der Waals surface area contributed by atoms with E-state index in [0.29, 0.717) is 0 Å². The van der Waals surface area contributed by atoms with Crippen molar-refractivity contribution in [1.82, 2.24) is 0 Å². The average molecular weight is 359 g/mol. The smallest absolute Gasteiger partial charge is 0.133 e. The zero-order valence-corrected chi connectivity index (χ0v) is 14.5. The van der Waals surface area contributed by atoms with E-state index in [0.717, 1.165) is 28.3 Å². The van der Waals surface area contributed by atoms with E-state index in [1.54, 1.807) is 7.11 Å². The van der Waals surface area contributed by atoms with Crippen molar-refractivity contribution < 1.29 is 9.47 Å². The summed E-state index contributed by atoms with van der Waals surface area (Å²) in [7, 11) is 1.67. The molecule has 0 unspecified atom stereocenters. The van der Waals surface area contributed by atoms with Gasteiger partial charge in [-0.15, -0.1) is 0 Å². The van der Waals surface area contributed by atoms with Gasteiger partial charge in [0.25, 0.3) is 0 Å². The number of ether oxygens (including phenoxy) is 2. The van der Waals surface area contributed by atoms with Crippen LogP contribution in [0.1, 0.15) is 38.5 Å². The Morgan fingerprint density at radius 2 is 1.90 bits per heavy atom. The van der Waals surface area contributed by atoms with Crippen LogP contribution >= 0.6 is 28.6 Å². The average Bonchev–Trinajstić information content (AvgIpc) is 2.72. The number of thiol groups is 1. The molecule has 0 saturated heterocycles. The van der Waals surface area contributed by atoms with E-state index >= 15 is 0 Å². The van der Waals surface area contributed by atoms with Crippen molar-refractivity contribution in [3.63, 3.8) is 0 Å². The van der Waals surface area contributed by atoms with Gasteiger partial charge in [0.15, 0.2) is 0 Å². The highest BCUT2D eigenvalue weighted by Crippen LogP contribution is 2.38. The molecule has 0 N–H and O–H groups in total. The Bertz CT molecular complexity index is 428. The summed E-state index contributed by atoms with van der Waals surface area (Å²) in [5.41, 5.74) is 0.235. The molecule has 4 heteroatoms. The number of benzene rings is 1. The monoisotopic (exact) mass is 358 g/mol. The molecule has 1 fully saturated rings. The van der Waals surface area contributed by atoms with Gasteiger partial charge in [0, 0.05) is 5.41 Å². The molecule has 1 aliphatic rings. The normalized spacial score (nSPS) is 18.4. The van der Waals surface area contributed by atoms with Crippen LogP contribution in [-0.4, -0.2) is 19.5 Å². The standard InChI is InChI=1S/C16H23BrO2S/c1-18-13-6-7-15(14(17)10-13)19-11-16(12-20)8-4-2-3-5-9-16/h6-7,10,20H,2-5,8-9,11-12H2,1H3. The van der Waals surface area contributed by atoms with E-state index < -0.39 is 0 Å². The summed E-state index contributed by atoms with van der Waals surface area (Å²) in [4.78, 5) is 0. The Balaban J connectivity index is 2.02. The third kappa shape index (κ3) is 4.08. The third-order valence-electron chi connectivity index (χ3n) is 4.17. The molecule has 0 aromatic heterocycles. The van der Waals surface area contributed by atoms with Crippen LogP contribution in [0.3, 0.4) is 0 Å². The number of methoxy groups -OCH3 is 1. The Hall–Kier alpha value is -0.350. The SMILES string of the molecule is COc1ccc(OCC2(CS)CCCCCC2)c(Br)c1. The molecule has 2 nitrogen and oxygen atoms in total. The second kappa shape index (κ2) is 7.60. The molecular weight excluding hydrogens is 336 g/mol. The maximum Gasteiger partial charge on any atom is 0.133 e. The summed E-state index contributed by atoms with van der Waals surface area (Å²) in [6.07, 6.45) is 7.75. The maximum absolute atomic E-state index is 6.07. The number of hydrogen-bond donors (Lipinski definition) is 1. The summed E-state index contributed by atoms with van der Waals surface area (Å²) in [5, 5.41) is 0. The number of hydrogen-bond acceptors (Lipinski definition) is 3. The molecule has 0 spiro atoms. The Morgan fingerprint density at radius 3 is 2.45 bits per heavy atom. The van der Waals surface area contributed by atoms with Gasteiger partial charge in [0.05, 0.1) is 18.2 Å². The van der Waals surface area contributed by atoms with Gasteiger partial charge in [-0.25, -0.2) is 0 Å². The van der Waals surface area contributed by atoms with E-state index in [4.69, 9.17) is 9.47 Å². The molecule has 1 aromatic rings. The van der Waals surface area contributed by atoms with Crippen LogP contribution < -0.4 is 9.47 Å². The molecule has 0 atom stereocenters. The minimum absolute atomic E-state index is 0.235. The van der Waals surface area contributed by atoms with Gasteiger partial charge in [-0.05, 0) is 52.7 Å². The Morgan fingerprint density at radius 1 is 1.20 bits per heavy atom. The van der Waals surface area contributed by atoms with E-state index in [1.165, 1.54) is 38.5 Å². The molecule has 2 rings (SSSR count). The van der Waals surface area contributed by atoms with E-state index in [1.807, 2.05) is 18.2 Å². The van der Waals surface area contributed by atoms with Crippen LogP contribution in [0.25, 0.3) is 0 Å². The minimum atomic E-state index is 0.235. The maximum atomic E-state index is 6.07. The zero-order chi connectivity index (χ0) is 14.4. The fourth-order valence-electron chi connectivity index (χ4n) is 2.78. The lowest BCUT2D eigenvalue weighted by Crippen LogP contribution is -2.30. The Labute approximate surface area is 135 Å². The molecule has 0 heterocycles. The van der Waals surface area contributed by atoms with Crippen molar-refractivity contribution in [1.29, 1.82) is 0 Å². The van der Waals surface area contributed by atoms with Crippen molar-refractivity contribution in [2.75, 3.05) is 19.5 Å². The van der Waals surface area contributed by atoms with Gasteiger partial charge >= 0.3 is 0 Å². The van der Waals surface area contributed by atoms with Gasteiger partial charge in [-0.1, -0.05) is 25.7 Å². The van der Waals surface area contributed by atoms with Crippen LogP contribution in [0.4, 0.5) is 0 Å². The first kappa shape index (κ1) is 16.0. The van der Waals surface area contributed by atoms with Crippen LogP contribution in [0.15, 0.2) is 22.7 Å². The van der Waals surface area contributed by atoms with Crippen molar-refractivity contribution in [2.24, 2.45) is 5.41 Å². The highest BCUT2D eigenvalue weighted by Gasteiger charge is 2.30. The predicted octanol–water partition coefficient (Wildman–Crippen LogP) is 5.11. The lowest BCUT2D eigenvalue weighted by molar-refractivity contribution is 0.147. The predicted molar refractivity (Wildman–Crippen MR) is 90.2 cm³/mol. The van der Waals surface area contributed by atoms with Gasteiger partial charge in [0.2, 0.25) is 0 Å². The number of rotatable bonds is 5. The summed E-state index contributed by atoms with van der Waals surface area (Å²) >= 11 is 8.13. The lowest BCUT2D eigenvalue weighted by Gasteiger charge is -2.31. The minimum Gasteiger partial charge on any atom is -0.497 e. The zero-order valence-electron chi connectivity index (χ0n) is 12.0. The van der Waals surface area contributed by atoms with E-state index in [-0.39, 0.29) is 5.41 Å². The fraction of sp³-hybridized carbons (Fsp3) is 0.625. The summed E-state index contributed by atoms with van der Waals surface area (Å²) in [6.45, 7) is 0.751. The topological polar surface area (TPSA) is 18.5 Å². The highest BCUT2D eigenvalue weighted by atomic mass is 79.9. The van der Waals surface area contributed by atoms with Gasteiger partial charge in [0.1, 0.15) is 11.5 Å². The first-order chi connectivity index (χ1) is 9.69. The summed E-state index contributed by atoms with van der Waals surface area (Å²) in [5.74, 6) is 2.62.